The highest BCUT2D eigenvalue weighted by Crippen LogP contribution is 2.24. The van der Waals surface area contributed by atoms with Crippen molar-refractivity contribution in [3.05, 3.63) is 10.7 Å². The Kier molecular flexibility index (Phi) is 3.24. The Morgan fingerprint density at radius 1 is 1.57 bits per heavy atom. The minimum atomic E-state index is -0.464. The molecule has 6 heteroatoms. The van der Waals surface area contributed by atoms with Gasteiger partial charge in [-0.15, -0.1) is 0 Å². The molecule has 1 heterocycles. The number of nitrogens with zero attached hydrogens (tertiary/aromatic N) is 2. The number of anilines is 1. The molecule has 0 unspecified atom stereocenters. The predicted molar refractivity (Wildman–Crippen MR) is 52.1 cm³/mol. The first-order chi connectivity index (χ1) is 6.54. The normalized spacial score (nSPS) is 9.93. The molecular formula is C8H10ClN3O2. The van der Waals surface area contributed by atoms with Gasteiger partial charge in [0, 0.05) is 6.92 Å². The summed E-state index contributed by atoms with van der Waals surface area (Å²) in [6.45, 7) is 3.14. The lowest BCUT2D eigenvalue weighted by Crippen LogP contribution is -2.08. The van der Waals surface area contributed by atoms with Crippen molar-refractivity contribution in [2.24, 2.45) is 0 Å². The van der Waals surface area contributed by atoms with Crippen molar-refractivity contribution >= 4 is 23.5 Å². The van der Waals surface area contributed by atoms with Gasteiger partial charge >= 0.3 is 5.97 Å². The van der Waals surface area contributed by atoms with Gasteiger partial charge in [0.1, 0.15) is 5.15 Å². The second kappa shape index (κ2) is 4.23. The van der Waals surface area contributed by atoms with E-state index >= 15 is 0 Å². The maximum Gasteiger partial charge on any atom is 0.309 e. The molecule has 5 nitrogen and oxygen atoms in total. The van der Waals surface area contributed by atoms with Gasteiger partial charge < -0.3 is 10.5 Å². The number of halogens is 1. The quantitative estimate of drug-likeness (QED) is 0.593. The Bertz CT molecular complexity index is 368. The first kappa shape index (κ1) is 10.7. The Hall–Kier alpha value is -1.36. The van der Waals surface area contributed by atoms with Crippen molar-refractivity contribution in [3.8, 4) is 5.88 Å². The van der Waals surface area contributed by atoms with Crippen LogP contribution in [0.1, 0.15) is 19.4 Å². The number of ether oxygens (including phenoxy) is 1. The fourth-order valence-electron chi connectivity index (χ4n) is 0.970. The summed E-state index contributed by atoms with van der Waals surface area (Å²) < 4.78 is 4.84. The molecule has 0 aliphatic heterocycles. The van der Waals surface area contributed by atoms with Crippen molar-refractivity contribution in [3.63, 3.8) is 0 Å². The SMILES string of the molecule is CCc1c(Cl)nc(N)nc1OC(C)=O. The molecule has 0 aliphatic rings. The second-order valence-corrected chi connectivity index (χ2v) is 2.96. The molecule has 0 aromatic carbocycles. The van der Waals surface area contributed by atoms with Crippen LogP contribution in [0.2, 0.25) is 5.15 Å². The van der Waals surface area contributed by atoms with E-state index in [0.717, 1.165) is 0 Å². The van der Waals surface area contributed by atoms with Crippen LogP contribution < -0.4 is 10.5 Å². The molecule has 0 amide bonds. The summed E-state index contributed by atoms with van der Waals surface area (Å²) >= 11 is 5.80. The standard InChI is InChI=1S/C8H10ClN3O2/c1-3-5-6(9)11-8(10)12-7(5)14-4(2)13/h3H2,1-2H3,(H2,10,11,12). The average molecular weight is 216 g/mol. The lowest BCUT2D eigenvalue weighted by atomic mass is 10.2. The van der Waals surface area contributed by atoms with Crippen LogP contribution in [0.15, 0.2) is 0 Å². The summed E-state index contributed by atoms with van der Waals surface area (Å²) in [5, 5.41) is 0.219. The summed E-state index contributed by atoms with van der Waals surface area (Å²) in [6.07, 6.45) is 0.571. The van der Waals surface area contributed by atoms with Gasteiger partial charge in [0.2, 0.25) is 11.8 Å². The first-order valence-corrected chi connectivity index (χ1v) is 4.42. The number of esters is 1. The summed E-state index contributed by atoms with van der Waals surface area (Å²) in [4.78, 5) is 18.3. The third-order valence-electron chi connectivity index (χ3n) is 1.53. The van der Waals surface area contributed by atoms with Gasteiger partial charge in [-0.3, -0.25) is 4.79 Å². The van der Waals surface area contributed by atoms with Crippen LogP contribution in [0.25, 0.3) is 0 Å². The molecule has 0 radical (unpaired) electrons. The lowest BCUT2D eigenvalue weighted by Gasteiger charge is -2.07. The molecule has 2 N–H and O–H groups in total. The topological polar surface area (TPSA) is 78.1 Å². The molecule has 14 heavy (non-hydrogen) atoms. The maximum atomic E-state index is 10.7. The molecule has 0 aliphatic carbocycles. The number of nitrogen functional groups attached to an aromatic ring is 1. The molecule has 0 fully saturated rings. The zero-order valence-corrected chi connectivity index (χ0v) is 8.63. The number of rotatable bonds is 2. The van der Waals surface area contributed by atoms with Gasteiger partial charge in [0.25, 0.3) is 0 Å². The van der Waals surface area contributed by atoms with Crippen LogP contribution >= 0.6 is 11.6 Å². The fraction of sp³-hybridized carbons (Fsp3) is 0.375. The number of hydrogen-bond acceptors (Lipinski definition) is 5. The number of carbonyl (C=O) groups is 1. The van der Waals surface area contributed by atoms with Crippen molar-refractivity contribution in [1.82, 2.24) is 9.97 Å². The van der Waals surface area contributed by atoms with Gasteiger partial charge in [-0.2, -0.15) is 4.98 Å². The molecule has 0 atom stereocenters. The van der Waals surface area contributed by atoms with Crippen molar-refractivity contribution in [2.45, 2.75) is 20.3 Å². The van der Waals surface area contributed by atoms with Crippen molar-refractivity contribution < 1.29 is 9.53 Å². The molecule has 0 spiro atoms. The third-order valence-corrected chi connectivity index (χ3v) is 1.84. The first-order valence-electron chi connectivity index (χ1n) is 4.05. The van der Waals surface area contributed by atoms with E-state index in [2.05, 4.69) is 9.97 Å². The second-order valence-electron chi connectivity index (χ2n) is 2.60. The average Bonchev–Trinajstić information content (AvgIpc) is 2.01. The molecule has 0 saturated carbocycles. The Morgan fingerprint density at radius 2 is 2.21 bits per heavy atom. The number of carbonyl (C=O) groups excluding carboxylic acids is 1. The molecular weight excluding hydrogens is 206 g/mol. The zero-order valence-electron chi connectivity index (χ0n) is 7.87. The summed E-state index contributed by atoms with van der Waals surface area (Å²) in [5.41, 5.74) is 5.94. The number of hydrogen-bond donors (Lipinski definition) is 1. The summed E-state index contributed by atoms with van der Waals surface area (Å²) in [7, 11) is 0. The van der Waals surface area contributed by atoms with E-state index in [1.54, 1.807) is 0 Å². The highest BCUT2D eigenvalue weighted by molar-refractivity contribution is 6.30. The zero-order chi connectivity index (χ0) is 10.7. The molecule has 1 aromatic rings. The van der Waals surface area contributed by atoms with E-state index in [9.17, 15) is 4.79 Å². The monoisotopic (exact) mass is 215 g/mol. The van der Waals surface area contributed by atoms with Crippen molar-refractivity contribution in [2.75, 3.05) is 5.73 Å². The highest BCUT2D eigenvalue weighted by Gasteiger charge is 2.13. The van der Waals surface area contributed by atoms with Crippen LogP contribution in [0.4, 0.5) is 5.95 Å². The molecule has 0 bridgehead atoms. The van der Waals surface area contributed by atoms with Gasteiger partial charge in [-0.25, -0.2) is 4.98 Å². The third kappa shape index (κ3) is 2.32. The fourth-order valence-corrected chi connectivity index (χ4v) is 1.27. The van der Waals surface area contributed by atoms with Gasteiger partial charge in [-0.1, -0.05) is 18.5 Å². The highest BCUT2D eigenvalue weighted by atomic mass is 35.5. The summed E-state index contributed by atoms with van der Waals surface area (Å²) in [6, 6.07) is 0. The number of nitrogens with two attached hydrogens (primary N) is 1. The smallest absolute Gasteiger partial charge is 0.309 e. The summed E-state index contributed by atoms with van der Waals surface area (Å²) in [5.74, 6) is -0.338. The van der Waals surface area contributed by atoms with E-state index in [1.807, 2.05) is 6.92 Å². The van der Waals surface area contributed by atoms with Crippen LogP contribution in [-0.4, -0.2) is 15.9 Å². The Labute approximate surface area is 86.2 Å². The van der Waals surface area contributed by atoms with E-state index in [0.29, 0.717) is 12.0 Å². The van der Waals surface area contributed by atoms with E-state index in [-0.39, 0.29) is 17.0 Å². The van der Waals surface area contributed by atoms with Crippen molar-refractivity contribution in [1.29, 1.82) is 0 Å². The van der Waals surface area contributed by atoms with Crippen LogP contribution in [-0.2, 0) is 11.2 Å². The van der Waals surface area contributed by atoms with E-state index in [4.69, 9.17) is 22.1 Å². The minimum absolute atomic E-state index is 0.0107. The molecule has 1 aromatic heterocycles. The Balaban J connectivity index is 3.17. The van der Waals surface area contributed by atoms with Crippen LogP contribution in [0.5, 0.6) is 5.88 Å². The Morgan fingerprint density at radius 3 is 2.71 bits per heavy atom. The van der Waals surface area contributed by atoms with E-state index < -0.39 is 5.97 Å². The molecule has 76 valence electrons. The maximum absolute atomic E-state index is 10.7. The van der Waals surface area contributed by atoms with Gasteiger partial charge in [0.05, 0.1) is 5.56 Å². The predicted octanol–water partition coefficient (Wildman–Crippen LogP) is 1.20. The van der Waals surface area contributed by atoms with Crippen LogP contribution in [0.3, 0.4) is 0 Å². The largest absolute Gasteiger partial charge is 0.407 e. The van der Waals surface area contributed by atoms with Crippen LogP contribution in [0, 0.1) is 0 Å². The van der Waals surface area contributed by atoms with Gasteiger partial charge in [0.15, 0.2) is 0 Å². The molecule has 0 saturated heterocycles. The molecule has 1 rings (SSSR count). The minimum Gasteiger partial charge on any atom is -0.407 e. The van der Waals surface area contributed by atoms with E-state index in [1.165, 1.54) is 6.92 Å². The van der Waals surface area contributed by atoms with Gasteiger partial charge in [-0.05, 0) is 6.42 Å². The number of aromatic nitrogens is 2. The lowest BCUT2D eigenvalue weighted by molar-refractivity contribution is -0.132.